The molecule has 5 nitrogen and oxygen atoms in total. The van der Waals surface area contributed by atoms with Crippen LogP contribution in [0.3, 0.4) is 0 Å². The highest BCUT2D eigenvalue weighted by Crippen LogP contribution is 2.36. The van der Waals surface area contributed by atoms with Gasteiger partial charge in [-0.3, -0.25) is 4.79 Å². The van der Waals surface area contributed by atoms with Crippen LogP contribution in [-0.4, -0.2) is 46.5 Å². The molecule has 1 aromatic carbocycles. The van der Waals surface area contributed by atoms with E-state index in [0.717, 1.165) is 58.2 Å². The lowest BCUT2D eigenvalue weighted by atomic mass is 10.1. The van der Waals surface area contributed by atoms with Crippen molar-refractivity contribution in [2.24, 2.45) is 0 Å². The lowest BCUT2D eigenvalue weighted by Gasteiger charge is -2.36. The molecule has 0 spiro atoms. The predicted octanol–water partition coefficient (Wildman–Crippen LogP) is 4.67. The smallest absolute Gasteiger partial charge is 0.266 e. The van der Waals surface area contributed by atoms with Gasteiger partial charge in [0.25, 0.3) is 5.91 Å². The fraction of sp³-hybridized carbons (Fsp3) is 0.250. The Morgan fingerprint density at radius 1 is 0.967 bits per heavy atom. The van der Waals surface area contributed by atoms with Gasteiger partial charge in [-0.2, -0.15) is 0 Å². The molecule has 4 aromatic rings. The van der Waals surface area contributed by atoms with Crippen molar-refractivity contribution in [3.8, 4) is 5.69 Å². The normalized spacial score (nSPS) is 14.5. The van der Waals surface area contributed by atoms with E-state index in [2.05, 4.69) is 46.7 Å². The molecule has 1 saturated heterocycles. The van der Waals surface area contributed by atoms with Crippen LogP contribution in [0.15, 0.2) is 60.9 Å². The maximum absolute atomic E-state index is 13.6. The number of rotatable bonds is 3. The van der Waals surface area contributed by atoms with Crippen molar-refractivity contribution in [3.05, 3.63) is 77.1 Å². The summed E-state index contributed by atoms with van der Waals surface area (Å²) >= 11 is 1.51. The van der Waals surface area contributed by atoms with Crippen molar-refractivity contribution in [2.75, 3.05) is 31.1 Å². The first-order chi connectivity index (χ1) is 14.6. The quantitative estimate of drug-likeness (QED) is 0.487. The summed E-state index contributed by atoms with van der Waals surface area (Å²) in [6, 6.07) is 16.5. The minimum absolute atomic E-state index is 0.103. The largest absolute Gasteiger partial charge is 0.368 e. The van der Waals surface area contributed by atoms with Gasteiger partial charge in [0.2, 0.25) is 0 Å². The third kappa shape index (κ3) is 3.27. The number of anilines is 1. The predicted molar refractivity (Wildman–Crippen MR) is 123 cm³/mol. The Morgan fingerprint density at radius 3 is 2.37 bits per heavy atom. The van der Waals surface area contributed by atoms with Gasteiger partial charge in [0.15, 0.2) is 0 Å². The molecule has 5 rings (SSSR count). The van der Waals surface area contributed by atoms with Gasteiger partial charge in [0, 0.05) is 55.3 Å². The van der Waals surface area contributed by atoms with Crippen molar-refractivity contribution in [2.45, 2.75) is 13.8 Å². The molecule has 0 bridgehead atoms. The summed E-state index contributed by atoms with van der Waals surface area (Å²) in [5.74, 6) is 0.103. The molecule has 0 N–H and O–H groups in total. The number of amides is 1. The highest BCUT2D eigenvalue weighted by Gasteiger charge is 2.28. The SMILES string of the molecule is Cc1cc(C)c2c(-n3cccc3)c(C(=O)N3CCN(c4ccccc4)CC3)sc2n1. The summed E-state index contributed by atoms with van der Waals surface area (Å²) in [7, 11) is 0. The highest BCUT2D eigenvalue weighted by molar-refractivity contribution is 7.21. The third-order valence-corrected chi connectivity index (χ3v) is 6.77. The van der Waals surface area contributed by atoms with E-state index >= 15 is 0 Å². The maximum atomic E-state index is 13.6. The first kappa shape index (κ1) is 18.9. The molecule has 4 heterocycles. The molecule has 1 amide bonds. The highest BCUT2D eigenvalue weighted by atomic mass is 32.1. The zero-order chi connectivity index (χ0) is 20.7. The van der Waals surface area contributed by atoms with E-state index < -0.39 is 0 Å². The molecule has 0 unspecified atom stereocenters. The van der Waals surface area contributed by atoms with Crippen molar-refractivity contribution < 1.29 is 4.79 Å². The van der Waals surface area contributed by atoms with E-state index in [1.54, 1.807) is 0 Å². The second-order valence-corrected chi connectivity index (χ2v) is 8.74. The average Bonchev–Trinajstić information content (AvgIpc) is 3.41. The van der Waals surface area contributed by atoms with Crippen LogP contribution in [0.4, 0.5) is 5.69 Å². The van der Waals surface area contributed by atoms with Gasteiger partial charge in [-0.25, -0.2) is 4.98 Å². The fourth-order valence-corrected chi connectivity index (χ4v) is 5.51. The Balaban J connectivity index is 1.48. The van der Waals surface area contributed by atoms with Gasteiger partial charge in [-0.05, 0) is 49.7 Å². The molecule has 152 valence electrons. The first-order valence-electron chi connectivity index (χ1n) is 10.2. The number of fused-ring (bicyclic) bond motifs is 1. The van der Waals surface area contributed by atoms with Crippen LogP contribution in [0.2, 0.25) is 0 Å². The van der Waals surface area contributed by atoms with Crippen molar-refractivity contribution in [1.82, 2.24) is 14.5 Å². The minimum Gasteiger partial charge on any atom is -0.368 e. The number of pyridine rings is 1. The van der Waals surface area contributed by atoms with E-state index in [0.29, 0.717) is 0 Å². The van der Waals surface area contributed by atoms with E-state index in [1.807, 2.05) is 42.4 Å². The molecule has 0 aliphatic carbocycles. The van der Waals surface area contributed by atoms with Crippen molar-refractivity contribution in [3.63, 3.8) is 0 Å². The lowest BCUT2D eigenvalue weighted by molar-refractivity contribution is 0.0752. The molecule has 1 fully saturated rings. The topological polar surface area (TPSA) is 41.4 Å². The number of carbonyl (C=O) groups excluding carboxylic acids is 1. The molecular weight excluding hydrogens is 392 g/mol. The molecule has 0 radical (unpaired) electrons. The van der Waals surface area contributed by atoms with Crippen LogP contribution < -0.4 is 4.90 Å². The van der Waals surface area contributed by atoms with Crippen LogP contribution in [0.25, 0.3) is 15.9 Å². The maximum Gasteiger partial charge on any atom is 0.266 e. The van der Waals surface area contributed by atoms with Crippen molar-refractivity contribution in [1.29, 1.82) is 0 Å². The van der Waals surface area contributed by atoms with E-state index in [4.69, 9.17) is 4.98 Å². The van der Waals surface area contributed by atoms with Gasteiger partial charge in [0.1, 0.15) is 9.71 Å². The minimum atomic E-state index is 0.103. The molecule has 3 aromatic heterocycles. The molecule has 6 heteroatoms. The summed E-state index contributed by atoms with van der Waals surface area (Å²) in [6.07, 6.45) is 4.01. The Kier molecular flexibility index (Phi) is 4.79. The zero-order valence-corrected chi connectivity index (χ0v) is 18.0. The number of piperazine rings is 1. The standard InChI is InChI=1S/C24H24N4OS/c1-17-16-18(2)25-23-20(17)21(27-10-6-7-11-27)22(30-23)24(29)28-14-12-26(13-15-28)19-8-4-3-5-9-19/h3-11,16H,12-15H2,1-2H3. The Morgan fingerprint density at radius 2 is 1.67 bits per heavy atom. The summed E-state index contributed by atoms with van der Waals surface area (Å²) < 4.78 is 2.05. The first-order valence-corrected chi connectivity index (χ1v) is 11.1. The Bertz CT molecular complexity index is 1190. The molecule has 1 aliphatic heterocycles. The number of hydrogen-bond donors (Lipinski definition) is 0. The zero-order valence-electron chi connectivity index (χ0n) is 17.2. The molecule has 1 aliphatic rings. The van der Waals surface area contributed by atoms with Crippen LogP contribution in [0.1, 0.15) is 20.9 Å². The number of para-hydroxylation sites is 1. The average molecular weight is 417 g/mol. The number of aromatic nitrogens is 2. The van der Waals surface area contributed by atoms with Gasteiger partial charge < -0.3 is 14.4 Å². The van der Waals surface area contributed by atoms with Crippen molar-refractivity contribution >= 4 is 33.1 Å². The third-order valence-electron chi connectivity index (χ3n) is 5.71. The summed E-state index contributed by atoms with van der Waals surface area (Å²) in [4.78, 5) is 24.4. The number of benzene rings is 1. The number of nitrogens with zero attached hydrogens (tertiary/aromatic N) is 4. The molecule has 0 saturated carbocycles. The van der Waals surface area contributed by atoms with Gasteiger partial charge in [0.05, 0.1) is 5.69 Å². The number of hydrogen-bond acceptors (Lipinski definition) is 4. The van der Waals surface area contributed by atoms with Crippen LogP contribution in [0, 0.1) is 13.8 Å². The van der Waals surface area contributed by atoms with E-state index in [9.17, 15) is 4.79 Å². The summed E-state index contributed by atoms with van der Waals surface area (Å²) in [5.41, 5.74) is 4.32. The Hall–Kier alpha value is -3.12. The fourth-order valence-electron chi connectivity index (χ4n) is 4.25. The van der Waals surface area contributed by atoms with Gasteiger partial charge in [-0.15, -0.1) is 11.3 Å². The van der Waals surface area contributed by atoms with Crippen LogP contribution >= 0.6 is 11.3 Å². The summed E-state index contributed by atoms with van der Waals surface area (Å²) in [5, 5.41) is 1.08. The molecular formula is C24H24N4OS. The second-order valence-electron chi connectivity index (χ2n) is 7.75. The number of thiophene rings is 1. The lowest BCUT2D eigenvalue weighted by Crippen LogP contribution is -2.48. The van der Waals surface area contributed by atoms with E-state index in [-0.39, 0.29) is 5.91 Å². The molecule has 30 heavy (non-hydrogen) atoms. The second kappa shape index (κ2) is 7.61. The monoisotopic (exact) mass is 416 g/mol. The van der Waals surface area contributed by atoms with Crippen LogP contribution in [0.5, 0.6) is 0 Å². The van der Waals surface area contributed by atoms with Gasteiger partial charge in [-0.1, -0.05) is 18.2 Å². The molecule has 0 atom stereocenters. The van der Waals surface area contributed by atoms with E-state index in [1.165, 1.54) is 17.0 Å². The number of aryl methyl sites for hydroxylation is 2. The van der Waals surface area contributed by atoms with Gasteiger partial charge >= 0.3 is 0 Å². The Labute approximate surface area is 180 Å². The van der Waals surface area contributed by atoms with Crippen LogP contribution in [-0.2, 0) is 0 Å². The summed E-state index contributed by atoms with van der Waals surface area (Å²) in [6.45, 7) is 7.23. The number of carbonyl (C=O) groups is 1.